The first-order chi connectivity index (χ1) is 24.8. The molecule has 0 heterocycles. The zero-order valence-corrected chi connectivity index (χ0v) is 33.5. The van der Waals surface area contributed by atoms with E-state index in [1.54, 1.807) is 24.3 Å². The molecule has 11 nitrogen and oxygen atoms in total. The Labute approximate surface area is 333 Å². The molecule has 0 saturated heterocycles. The van der Waals surface area contributed by atoms with Gasteiger partial charge in [0.2, 0.25) is 11.8 Å². The number of carbonyl (C=O) groups is 4. The van der Waals surface area contributed by atoms with E-state index in [-0.39, 0.29) is 52.5 Å². The predicted molar refractivity (Wildman–Crippen MR) is 203 cm³/mol. The summed E-state index contributed by atoms with van der Waals surface area (Å²) < 4.78 is 23.2. The number of hydrogen-bond donors (Lipinski definition) is 3. The standard InChI is InChI=1S/C21H26N2O4S.C19H22N2O3.CH3.Pd/c1-22-18-9-6-15(12-17(18)16-7-8-16)13-20(25)23-21(10-4-3-5-11-21)19(24)14-28(2,26)27;1-20-16-8-5-13(11-15(16)14-6-7-14)12-17(22)21-19(18(23)24)9-3-2-4-10-19;;/h6,9,12,16H,3-5,7-8,10-11,13-14H2,2H3,(H,23,25);5,8,11,14H,2-4,6-7,9-10,12H2,(H,21,22)(H,23,24);1H3;/q;;-1;. The number of ketones is 1. The first-order valence-corrected chi connectivity index (χ1v) is 20.4. The van der Waals surface area contributed by atoms with Gasteiger partial charge in [-0.05, 0) is 85.5 Å². The van der Waals surface area contributed by atoms with E-state index in [9.17, 15) is 32.7 Å². The first-order valence-electron chi connectivity index (χ1n) is 18.3. The molecule has 2 aromatic rings. The van der Waals surface area contributed by atoms with Gasteiger partial charge in [-0.3, -0.25) is 14.4 Å². The SMILES string of the molecule is [C-]#[N+]c1ccc(CC(=O)NC2(C(=O)CS(C)(=O)=O)CCCCC2)cc1C1CC1.[C-]#[N+]c1ccc(CC(=O)NC2(C(=O)O)CCCCC2)cc1C1CC1.[CH3-].[Pd]. The van der Waals surface area contributed by atoms with E-state index in [1.807, 2.05) is 12.1 Å². The van der Waals surface area contributed by atoms with E-state index in [0.717, 1.165) is 92.7 Å². The minimum absolute atomic E-state index is 0. The number of amides is 2. The summed E-state index contributed by atoms with van der Waals surface area (Å²) in [5, 5.41) is 15.2. The van der Waals surface area contributed by atoms with Gasteiger partial charge in [0.15, 0.2) is 27.0 Å². The largest absolute Gasteiger partial charge is 0.480 e. The molecule has 294 valence electrons. The number of benzene rings is 2. The second-order valence-corrected chi connectivity index (χ2v) is 17.2. The molecule has 0 radical (unpaired) electrons. The summed E-state index contributed by atoms with van der Waals surface area (Å²) in [6.07, 6.45) is 12.9. The van der Waals surface area contributed by atoms with Gasteiger partial charge in [0.1, 0.15) is 11.3 Å². The van der Waals surface area contributed by atoms with Crippen molar-refractivity contribution < 1.29 is 53.1 Å². The van der Waals surface area contributed by atoms with E-state index in [1.165, 1.54) is 0 Å². The van der Waals surface area contributed by atoms with Gasteiger partial charge in [-0.15, -0.1) is 0 Å². The second kappa shape index (κ2) is 19.1. The normalized spacial score (nSPS) is 18.4. The second-order valence-electron chi connectivity index (χ2n) is 15.1. The Morgan fingerprint density at radius 3 is 1.46 bits per heavy atom. The van der Waals surface area contributed by atoms with Gasteiger partial charge in [0.25, 0.3) is 0 Å². The molecule has 0 spiro atoms. The summed E-state index contributed by atoms with van der Waals surface area (Å²) in [6.45, 7) is 14.5. The van der Waals surface area contributed by atoms with Gasteiger partial charge in [-0.2, -0.15) is 0 Å². The van der Waals surface area contributed by atoms with Crippen molar-refractivity contribution in [3.63, 3.8) is 0 Å². The van der Waals surface area contributed by atoms with Gasteiger partial charge < -0.3 is 23.2 Å². The summed E-state index contributed by atoms with van der Waals surface area (Å²) in [4.78, 5) is 56.6. The Bertz CT molecular complexity index is 1900. The zero-order valence-electron chi connectivity index (χ0n) is 31.2. The van der Waals surface area contributed by atoms with E-state index in [2.05, 4.69) is 20.3 Å². The van der Waals surface area contributed by atoms with Crippen LogP contribution in [0.3, 0.4) is 0 Å². The molecule has 0 aliphatic heterocycles. The Kier molecular flexibility index (Phi) is 15.8. The van der Waals surface area contributed by atoms with Crippen LogP contribution in [0.4, 0.5) is 11.4 Å². The third-order valence-electron chi connectivity index (χ3n) is 10.7. The molecule has 0 aromatic heterocycles. The summed E-state index contributed by atoms with van der Waals surface area (Å²) in [7, 11) is -3.45. The molecule has 3 N–H and O–H groups in total. The van der Waals surface area contributed by atoms with Crippen molar-refractivity contribution in [1.29, 1.82) is 0 Å². The summed E-state index contributed by atoms with van der Waals surface area (Å²) in [5.41, 5.74) is 2.81. The van der Waals surface area contributed by atoms with Gasteiger partial charge >= 0.3 is 5.97 Å². The minimum atomic E-state index is -3.45. The van der Waals surface area contributed by atoms with Gasteiger partial charge in [0, 0.05) is 26.7 Å². The molecular formula is C41H51N4O7PdS-. The Hall–Kier alpha value is -3.89. The van der Waals surface area contributed by atoms with Crippen LogP contribution >= 0.6 is 0 Å². The third kappa shape index (κ3) is 11.8. The van der Waals surface area contributed by atoms with E-state index in [4.69, 9.17) is 13.1 Å². The Morgan fingerprint density at radius 2 is 1.11 bits per heavy atom. The van der Waals surface area contributed by atoms with Crippen LogP contribution in [0, 0.1) is 20.6 Å². The molecule has 4 aliphatic rings. The number of carbonyl (C=O) groups excluding carboxylic acids is 3. The van der Waals surface area contributed by atoms with Crippen molar-refractivity contribution in [2.45, 2.75) is 126 Å². The number of Topliss-reactive ketones (excluding diaryl/α,β-unsaturated/α-hetero) is 1. The molecular weight excluding hydrogens is 799 g/mol. The van der Waals surface area contributed by atoms with E-state index < -0.39 is 38.4 Å². The fourth-order valence-corrected chi connectivity index (χ4v) is 8.37. The zero-order chi connectivity index (χ0) is 37.5. The molecule has 0 bridgehead atoms. The quantitative estimate of drug-likeness (QED) is 0.152. The molecule has 13 heteroatoms. The van der Waals surface area contributed by atoms with Gasteiger partial charge in [0.05, 0.1) is 31.5 Å². The van der Waals surface area contributed by atoms with Crippen molar-refractivity contribution in [2.75, 3.05) is 12.0 Å². The number of hydrogen-bond acceptors (Lipinski definition) is 6. The van der Waals surface area contributed by atoms with Gasteiger partial charge in [-0.25, -0.2) is 22.9 Å². The van der Waals surface area contributed by atoms with Gasteiger partial charge in [-0.1, -0.05) is 74.9 Å². The van der Waals surface area contributed by atoms with Crippen molar-refractivity contribution in [3.8, 4) is 0 Å². The van der Waals surface area contributed by atoms with Crippen LogP contribution < -0.4 is 10.6 Å². The average Bonchev–Trinajstić information content (AvgIpc) is 4.03. The number of carboxylic acids is 1. The van der Waals surface area contributed by atoms with Crippen LogP contribution in [-0.4, -0.2) is 60.2 Å². The number of nitrogens with one attached hydrogen (secondary N) is 2. The van der Waals surface area contributed by atoms with Crippen molar-refractivity contribution in [2.24, 2.45) is 0 Å². The fourth-order valence-electron chi connectivity index (χ4n) is 7.62. The maximum atomic E-state index is 12.7. The minimum Gasteiger partial charge on any atom is -0.480 e. The predicted octanol–water partition coefficient (Wildman–Crippen LogP) is 7.10. The number of sulfone groups is 1. The first kappa shape index (κ1) is 44.5. The molecule has 4 saturated carbocycles. The summed E-state index contributed by atoms with van der Waals surface area (Å²) >= 11 is 0. The molecule has 2 aromatic carbocycles. The number of aliphatic carboxylic acids is 1. The van der Waals surface area contributed by atoms with Crippen molar-refractivity contribution in [1.82, 2.24) is 10.6 Å². The van der Waals surface area contributed by atoms with Crippen LogP contribution in [-0.2, 0) is 62.3 Å². The third-order valence-corrected chi connectivity index (χ3v) is 11.5. The topological polar surface area (TPSA) is 155 Å². The van der Waals surface area contributed by atoms with Crippen LogP contribution in [0.25, 0.3) is 9.69 Å². The summed E-state index contributed by atoms with van der Waals surface area (Å²) in [6, 6.07) is 11.0. The fraction of sp³-hybridized carbons (Fsp3) is 0.537. The number of nitrogens with zero attached hydrogens (tertiary/aromatic N) is 2. The van der Waals surface area contributed by atoms with Crippen LogP contribution in [0.1, 0.15) is 124 Å². The van der Waals surface area contributed by atoms with Crippen LogP contribution in [0.15, 0.2) is 36.4 Å². The number of rotatable bonds is 12. The van der Waals surface area contributed by atoms with Crippen molar-refractivity contribution >= 4 is 44.8 Å². The van der Waals surface area contributed by atoms with Crippen LogP contribution in [0.5, 0.6) is 0 Å². The van der Waals surface area contributed by atoms with E-state index in [0.29, 0.717) is 48.9 Å². The maximum absolute atomic E-state index is 12.7. The molecule has 2 amide bonds. The smallest absolute Gasteiger partial charge is 0.329 e. The molecule has 54 heavy (non-hydrogen) atoms. The molecule has 0 unspecified atom stereocenters. The average molecular weight is 850 g/mol. The number of carboxylic acid groups (broad SMARTS) is 1. The van der Waals surface area contributed by atoms with Crippen LogP contribution in [0.2, 0.25) is 0 Å². The Balaban J connectivity index is 0.000000283. The summed E-state index contributed by atoms with van der Waals surface area (Å²) in [5.74, 6) is -1.56. The van der Waals surface area contributed by atoms with E-state index >= 15 is 0 Å². The molecule has 4 fully saturated rings. The molecule has 0 atom stereocenters. The maximum Gasteiger partial charge on any atom is 0.329 e. The van der Waals surface area contributed by atoms with Crippen molar-refractivity contribution in [3.05, 3.63) is 88.9 Å². The monoisotopic (exact) mass is 849 g/mol. The Morgan fingerprint density at radius 1 is 0.722 bits per heavy atom. The molecule has 6 rings (SSSR count). The molecule has 4 aliphatic carbocycles.